The first-order chi connectivity index (χ1) is 9.47. The van der Waals surface area contributed by atoms with Gasteiger partial charge in [0.1, 0.15) is 0 Å². The van der Waals surface area contributed by atoms with E-state index in [1.807, 2.05) is 43.3 Å². The van der Waals surface area contributed by atoms with Crippen molar-refractivity contribution in [1.82, 2.24) is 10.2 Å². The van der Waals surface area contributed by atoms with Crippen LogP contribution < -0.4 is 5.32 Å². The molecular formula is C16H26Cl2N2O. The first kappa shape index (κ1) is 20.2. The highest BCUT2D eigenvalue weighted by Crippen LogP contribution is 2.24. The molecule has 1 rings (SSSR count). The quantitative estimate of drug-likeness (QED) is 0.772. The van der Waals surface area contributed by atoms with Gasteiger partial charge in [0, 0.05) is 30.5 Å². The van der Waals surface area contributed by atoms with E-state index >= 15 is 0 Å². The van der Waals surface area contributed by atoms with Gasteiger partial charge in [0.15, 0.2) is 0 Å². The summed E-state index contributed by atoms with van der Waals surface area (Å²) in [5, 5.41) is 3.80. The van der Waals surface area contributed by atoms with Crippen LogP contribution in [0.25, 0.3) is 0 Å². The molecule has 0 heterocycles. The van der Waals surface area contributed by atoms with E-state index in [4.69, 9.17) is 11.6 Å². The van der Waals surface area contributed by atoms with Crippen LogP contribution in [0, 0.1) is 0 Å². The molecule has 0 saturated carbocycles. The van der Waals surface area contributed by atoms with Crippen molar-refractivity contribution in [2.45, 2.75) is 38.6 Å². The minimum atomic E-state index is 0. The Hall–Kier alpha value is -0.770. The highest BCUT2D eigenvalue weighted by Gasteiger charge is 2.22. The van der Waals surface area contributed by atoms with Gasteiger partial charge in [0.05, 0.1) is 0 Å². The van der Waals surface area contributed by atoms with Crippen LogP contribution in [0.2, 0.25) is 5.02 Å². The molecule has 21 heavy (non-hydrogen) atoms. The standard InChI is InChI=1S/C16H25ClN2O.ClH/c1-12(14-7-9-15(17)10-8-14)13(2)19(4)16(20)6-5-11-18-3;/h7-10,12-13,18H,5-6,11H2,1-4H3;1H. The first-order valence-electron chi connectivity index (χ1n) is 7.13. The van der Waals surface area contributed by atoms with Crippen molar-refractivity contribution < 1.29 is 4.79 Å². The van der Waals surface area contributed by atoms with Crippen molar-refractivity contribution in [2.24, 2.45) is 0 Å². The van der Waals surface area contributed by atoms with Crippen molar-refractivity contribution in [3.63, 3.8) is 0 Å². The molecule has 0 bridgehead atoms. The van der Waals surface area contributed by atoms with Gasteiger partial charge in [-0.25, -0.2) is 0 Å². The Balaban J connectivity index is 0.00000400. The molecule has 0 aliphatic carbocycles. The first-order valence-corrected chi connectivity index (χ1v) is 7.51. The molecule has 2 atom stereocenters. The molecule has 2 unspecified atom stereocenters. The minimum absolute atomic E-state index is 0. The monoisotopic (exact) mass is 332 g/mol. The Labute approximate surface area is 139 Å². The van der Waals surface area contributed by atoms with Gasteiger partial charge in [0.2, 0.25) is 5.91 Å². The molecule has 1 aromatic carbocycles. The van der Waals surface area contributed by atoms with Crippen LogP contribution in [0.15, 0.2) is 24.3 Å². The van der Waals surface area contributed by atoms with Gasteiger partial charge in [0.25, 0.3) is 0 Å². The van der Waals surface area contributed by atoms with Gasteiger partial charge in [-0.2, -0.15) is 0 Å². The summed E-state index contributed by atoms with van der Waals surface area (Å²) < 4.78 is 0. The van der Waals surface area contributed by atoms with Crippen LogP contribution in [0.5, 0.6) is 0 Å². The fourth-order valence-electron chi connectivity index (χ4n) is 2.20. The number of rotatable bonds is 7. The zero-order valence-corrected chi connectivity index (χ0v) is 14.8. The van der Waals surface area contributed by atoms with Crippen molar-refractivity contribution >= 4 is 29.9 Å². The molecule has 1 amide bonds. The van der Waals surface area contributed by atoms with Crippen LogP contribution in [0.3, 0.4) is 0 Å². The van der Waals surface area contributed by atoms with Gasteiger partial charge in [-0.15, -0.1) is 12.4 Å². The van der Waals surface area contributed by atoms with Crippen molar-refractivity contribution in [2.75, 3.05) is 20.6 Å². The predicted molar refractivity (Wildman–Crippen MR) is 92.5 cm³/mol. The van der Waals surface area contributed by atoms with Crippen LogP contribution >= 0.6 is 24.0 Å². The Morgan fingerprint density at radius 3 is 2.38 bits per heavy atom. The molecule has 120 valence electrons. The maximum absolute atomic E-state index is 12.1. The van der Waals surface area contributed by atoms with Crippen molar-refractivity contribution in [3.8, 4) is 0 Å². The van der Waals surface area contributed by atoms with Gasteiger partial charge < -0.3 is 10.2 Å². The average molecular weight is 333 g/mol. The number of hydrogen-bond donors (Lipinski definition) is 1. The third-order valence-corrected chi connectivity index (χ3v) is 4.19. The van der Waals surface area contributed by atoms with E-state index in [0.717, 1.165) is 18.0 Å². The molecular weight excluding hydrogens is 307 g/mol. The van der Waals surface area contributed by atoms with E-state index in [9.17, 15) is 4.79 Å². The number of nitrogens with one attached hydrogen (secondary N) is 1. The summed E-state index contributed by atoms with van der Waals surface area (Å²) in [6, 6.07) is 8.02. The third-order valence-electron chi connectivity index (χ3n) is 3.94. The lowest BCUT2D eigenvalue weighted by Crippen LogP contribution is -2.38. The third kappa shape index (κ3) is 6.25. The smallest absolute Gasteiger partial charge is 0.222 e. The van der Waals surface area contributed by atoms with E-state index in [2.05, 4.69) is 19.2 Å². The number of likely N-dealkylation sites (N-methyl/N-ethyl adjacent to an activating group) is 1. The molecule has 5 heteroatoms. The second kappa shape index (κ2) is 10.0. The molecule has 1 aromatic rings. The lowest BCUT2D eigenvalue weighted by Gasteiger charge is -2.30. The van der Waals surface area contributed by atoms with Gasteiger partial charge in [-0.1, -0.05) is 30.7 Å². The molecule has 0 aliphatic heterocycles. The van der Waals surface area contributed by atoms with E-state index in [1.165, 1.54) is 5.56 Å². The molecule has 0 fully saturated rings. The molecule has 0 aromatic heterocycles. The second-order valence-electron chi connectivity index (χ2n) is 5.29. The zero-order chi connectivity index (χ0) is 15.1. The second-order valence-corrected chi connectivity index (χ2v) is 5.73. The van der Waals surface area contributed by atoms with Crippen LogP contribution in [0.1, 0.15) is 38.2 Å². The zero-order valence-electron chi connectivity index (χ0n) is 13.2. The van der Waals surface area contributed by atoms with E-state index in [-0.39, 0.29) is 30.3 Å². The summed E-state index contributed by atoms with van der Waals surface area (Å²) in [6.45, 7) is 5.11. The summed E-state index contributed by atoms with van der Waals surface area (Å²) >= 11 is 5.91. The Morgan fingerprint density at radius 1 is 1.29 bits per heavy atom. The predicted octanol–water partition coefficient (Wildman–Crippen LogP) is 3.71. The molecule has 0 saturated heterocycles. The number of amides is 1. The number of benzene rings is 1. The highest BCUT2D eigenvalue weighted by molar-refractivity contribution is 6.30. The molecule has 0 spiro atoms. The van der Waals surface area contributed by atoms with Crippen molar-refractivity contribution in [3.05, 3.63) is 34.9 Å². The number of carbonyl (C=O) groups excluding carboxylic acids is 1. The molecule has 1 N–H and O–H groups in total. The maximum atomic E-state index is 12.1. The van der Waals surface area contributed by atoms with Crippen LogP contribution in [-0.2, 0) is 4.79 Å². The normalized spacial score (nSPS) is 13.2. The van der Waals surface area contributed by atoms with E-state index < -0.39 is 0 Å². The lowest BCUT2D eigenvalue weighted by atomic mass is 9.93. The fourth-order valence-corrected chi connectivity index (χ4v) is 2.33. The van der Waals surface area contributed by atoms with Crippen LogP contribution in [-0.4, -0.2) is 37.5 Å². The lowest BCUT2D eigenvalue weighted by molar-refractivity contribution is -0.132. The number of carbonyl (C=O) groups is 1. The largest absolute Gasteiger partial charge is 0.342 e. The minimum Gasteiger partial charge on any atom is -0.342 e. The van der Waals surface area contributed by atoms with Gasteiger partial charge >= 0.3 is 0 Å². The summed E-state index contributed by atoms with van der Waals surface area (Å²) in [5.74, 6) is 0.485. The summed E-state index contributed by atoms with van der Waals surface area (Å²) in [7, 11) is 3.79. The van der Waals surface area contributed by atoms with E-state index in [1.54, 1.807) is 0 Å². The Kier molecular flexibility index (Phi) is 9.67. The van der Waals surface area contributed by atoms with E-state index in [0.29, 0.717) is 6.42 Å². The summed E-state index contributed by atoms with van der Waals surface area (Å²) in [5.41, 5.74) is 1.21. The average Bonchev–Trinajstić information content (AvgIpc) is 2.46. The van der Waals surface area contributed by atoms with Gasteiger partial charge in [-0.3, -0.25) is 4.79 Å². The Bertz CT molecular complexity index is 423. The SMILES string of the molecule is CNCCCC(=O)N(C)C(C)C(C)c1ccc(Cl)cc1.Cl. The summed E-state index contributed by atoms with van der Waals surface area (Å²) in [4.78, 5) is 14.0. The number of nitrogens with zero attached hydrogens (tertiary/aromatic N) is 1. The molecule has 0 radical (unpaired) electrons. The Morgan fingerprint density at radius 2 is 1.86 bits per heavy atom. The van der Waals surface area contributed by atoms with Gasteiger partial charge in [-0.05, 0) is 44.6 Å². The fraction of sp³-hybridized carbons (Fsp3) is 0.562. The topological polar surface area (TPSA) is 32.3 Å². The molecule has 3 nitrogen and oxygen atoms in total. The van der Waals surface area contributed by atoms with Crippen molar-refractivity contribution in [1.29, 1.82) is 0 Å². The number of halogens is 2. The molecule has 0 aliphatic rings. The maximum Gasteiger partial charge on any atom is 0.222 e. The highest BCUT2D eigenvalue weighted by atomic mass is 35.5. The summed E-state index contributed by atoms with van der Waals surface area (Å²) in [6.07, 6.45) is 1.47. The van der Waals surface area contributed by atoms with Crippen LogP contribution in [0.4, 0.5) is 0 Å². The number of hydrogen-bond acceptors (Lipinski definition) is 2.